The van der Waals surface area contributed by atoms with E-state index in [4.69, 9.17) is 11.6 Å². The Morgan fingerprint density at radius 3 is 2.50 bits per heavy atom. The fraction of sp³-hybridized carbons (Fsp3) is 0. The van der Waals surface area contributed by atoms with Gasteiger partial charge in [-0.2, -0.15) is 0 Å². The predicted octanol–water partition coefficient (Wildman–Crippen LogP) is 1.86. The second-order valence-electron chi connectivity index (χ2n) is 1.55. The van der Waals surface area contributed by atoms with E-state index in [1.54, 1.807) is 24.3 Å². The average Bonchev–Trinajstić information content (AvgIpc) is 1.90. The first kappa shape index (κ1) is 10.3. The zero-order valence-electron chi connectivity index (χ0n) is 5.17. The summed E-state index contributed by atoms with van der Waals surface area (Å²) >= 11 is 5.13. The number of hydrogen-bond donors (Lipinski definition) is 0. The monoisotopic (exact) mass is 228 g/mol. The molecule has 0 saturated carbocycles. The first-order valence-electron chi connectivity index (χ1n) is 2.47. The van der Waals surface area contributed by atoms with Gasteiger partial charge < -0.3 is 4.79 Å². The second-order valence-corrected chi connectivity index (χ2v) is 1.89. The maximum Gasteiger partial charge on any atom is 0.165 e. The van der Waals surface area contributed by atoms with Gasteiger partial charge in [-0.25, -0.2) is 0 Å². The van der Waals surface area contributed by atoms with Crippen molar-refractivity contribution in [1.29, 1.82) is 0 Å². The molecule has 0 saturated heterocycles. The zero-order chi connectivity index (χ0) is 6.69. The van der Waals surface area contributed by atoms with E-state index in [9.17, 15) is 4.79 Å². The molecule has 0 heterocycles. The van der Waals surface area contributed by atoms with Gasteiger partial charge in [0, 0.05) is 32.7 Å². The van der Waals surface area contributed by atoms with Gasteiger partial charge in [0.15, 0.2) is 5.24 Å². The van der Waals surface area contributed by atoms with E-state index < -0.39 is 5.24 Å². The fourth-order valence-corrected chi connectivity index (χ4v) is 0.633. The Labute approximate surface area is 89.6 Å². The molecule has 0 amide bonds. The average molecular weight is 228 g/mol. The molecule has 49 valence electrons. The topological polar surface area (TPSA) is 17.1 Å². The Hall–Kier alpha value is 0.284. The molecular formula is C7H4ClOY-. The Bertz CT molecular complexity index is 210. The van der Waals surface area contributed by atoms with Crippen LogP contribution in [0.1, 0.15) is 10.4 Å². The van der Waals surface area contributed by atoms with Crippen LogP contribution in [-0.4, -0.2) is 5.24 Å². The van der Waals surface area contributed by atoms with Crippen LogP contribution < -0.4 is 0 Å². The molecule has 0 N–H and O–H groups in total. The van der Waals surface area contributed by atoms with Crippen molar-refractivity contribution in [2.75, 3.05) is 0 Å². The van der Waals surface area contributed by atoms with Gasteiger partial charge >= 0.3 is 0 Å². The third-order valence-electron chi connectivity index (χ3n) is 0.921. The summed E-state index contributed by atoms with van der Waals surface area (Å²) in [6.07, 6.45) is 0. The summed E-state index contributed by atoms with van der Waals surface area (Å²) in [4.78, 5) is 10.4. The number of halogens is 1. The molecule has 0 unspecified atom stereocenters. The predicted molar refractivity (Wildman–Crippen MR) is 35.5 cm³/mol. The van der Waals surface area contributed by atoms with Crippen LogP contribution in [0.3, 0.4) is 0 Å². The van der Waals surface area contributed by atoms with Crippen LogP contribution in [0.25, 0.3) is 0 Å². The number of rotatable bonds is 1. The summed E-state index contributed by atoms with van der Waals surface area (Å²) in [5.74, 6) is 0. The maximum atomic E-state index is 10.4. The van der Waals surface area contributed by atoms with E-state index in [2.05, 4.69) is 6.07 Å². The first-order valence-corrected chi connectivity index (χ1v) is 2.85. The summed E-state index contributed by atoms with van der Waals surface area (Å²) in [5.41, 5.74) is 0.416. The molecule has 0 aliphatic carbocycles. The Kier molecular flexibility index (Phi) is 5.15. The van der Waals surface area contributed by atoms with Gasteiger partial charge in [0.1, 0.15) is 0 Å². The minimum atomic E-state index is -0.462. The van der Waals surface area contributed by atoms with Crippen molar-refractivity contribution < 1.29 is 37.5 Å². The molecule has 1 nitrogen and oxygen atoms in total. The largest absolute Gasteiger partial charge is 0.334 e. The van der Waals surface area contributed by atoms with E-state index in [1.807, 2.05) is 0 Å². The van der Waals surface area contributed by atoms with Crippen molar-refractivity contribution in [3.63, 3.8) is 0 Å². The van der Waals surface area contributed by atoms with E-state index in [-0.39, 0.29) is 32.7 Å². The fourth-order valence-electron chi connectivity index (χ4n) is 0.516. The summed E-state index contributed by atoms with van der Waals surface area (Å²) in [5, 5.41) is -0.462. The maximum absolute atomic E-state index is 10.4. The van der Waals surface area contributed by atoms with Crippen molar-refractivity contribution >= 4 is 16.8 Å². The van der Waals surface area contributed by atoms with Crippen LogP contribution in [0.4, 0.5) is 0 Å². The first-order chi connectivity index (χ1) is 4.30. The van der Waals surface area contributed by atoms with Gasteiger partial charge in [0.25, 0.3) is 0 Å². The summed E-state index contributed by atoms with van der Waals surface area (Å²) in [6.45, 7) is 0. The molecule has 1 radical (unpaired) electrons. The van der Waals surface area contributed by atoms with Gasteiger partial charge in [-0.3, -0.25) is 0 Å². The van der Waals surface area contributed by atoms with Gasteiger partial charge in [0.2, 0.25) is 0 Å². The van der Waals surface area contributed by atoms with Gasteiger partial charge in [-0.15, -0.1) is 41.9 Å². The number of carbonyl (C=O) groups is 1. The molecule has 1 aromatic carbocycles. The summed E-state index contributed by atoms with van der Waals surface area (Å²) < 4.78 is 0. The Morgan fingerprint density at radius 1 is 1.50 bits per heavy atom. The van der Waals surface area contributed by atoms with Crippen LogP contribution >= 0.6 is 11.6 Å². The van der Waals surface area contributed by atoms with Crippen molar-refractivity contribution in [2.24, 2.45) is 0 Å². The minimum absolute atomic E-state index is 0. The van der Waals surface area contributed by atoms with Crippen molar-refractivity contribution in [3.8, 4) is 0 Å². The zero-order valence-corrected chi connectivity index (χ0v) is 8.77. The van der Waals surface area contributed by atoms with E-state index in [1.165, 1.54) is 0 Å². The molecule has 1 rings (SSSR count). The van der Waals surface area contributed by atoms with Crippen molar-refractivity contribution in [3.05, 3.63) is 35.9 Å². The Balaban J connectivity index is 0.000000810. The molecule has 0 aromatic heterocycles. The molecule has 3 heteroatoms. The molecule has 0 aliphatic heterocycles. The molecule has 10 heavy (non-hydrogen) atoms. The summed E-state index contributed by atoms with van der Waals surface area (Å²) in [7, 11) is 0. The third-order valence-corrected chi connectivity index (χ3v) is 1.12. The number of hydrogen-bond acceptors (Lipinski definition) is 1. The third kappa shape index (κ3) is 2.91. The Morgan fingerprint density at radius 2 is 2.20 bits per heavy atom. The van der Waals surface area contributed by atoms with Crippen molar-refractivity contribution in [2.45, 2.75) is 0 Å². The van der Waals surface area contributed by atoms with Gasteiger partial charge in [-0.1, -0.05) is 5.56 Å². The minimum Gasteiger partial charge on any atom is -0.334 e. The number of benzene rings is 1. The molecule has 0 aliphatic rings. The molecule has 0 bridgehead atoms. The van der Waals surface area contributed by atoms with Gasteiger partial charge in [0.05, 0.1) is 0 Å². The van der Waals surface area contributed by atoms with Crippen molar-refractivity contribution in [1.82, 2.24) is 0 Å². The number of carbonyl (C=O) groups excluding carboxylic acids is 1. The standard InChI is InChI=1S/C7H4ClO.Y/c8-7(9)6-4-2-1-3-5-6;/h1-4H;/q-1;. The molecule has 0 fully saturated rings. The van der Waals surface area contributed by atoms with Crippen LogP contribution in [0.2, 0.25) is 0 Å². The molecule has 0 spiro atoms. The van der Waals surface area contributed by atoms with Crippen LogP contribution in [0.5, 0.6) is 0 Å². The normalized spacial score (nSPS) is 8.10. The molecule has 0 atom stereocenters. The van der Waals surface area contributed by atoms with Gasteiger partial charge in [-0.05, 0) is 0 Å². The van der Waals surface area contributed by atoms with Crippen LogP contribution in [0.15, 0.2) is 24.3 Å². The van der Waals surface area contributed by atoms with E-state index in [0.717, 1.165) is 0 Å². The quantitative estimate of drug-likeness (QED) is 0.530. The molecule has 1 aromatic rings. The van der Waals surface area contributed by atoms with E-state index >= 15 is 0 Å². The summed E-state index contributed by atoms with van der Waals surface area (Å²) in [6, 6.07) is 9.48. The van der Waals surface area contributed by atoms with Crippen LogP contribution in [-0.2, 0) is 32.7 Å². The second kappa shape index (κ2) is 5.00. The van der Waals surface area contributed by atoms with Crippen LogP contribution in [0, 0.1) is 6.07 Å². The molecular weight excluding hydrogens is 224 g/mol. The van der Waals surface area contributed by atoms with E-state index in [0.29, 0.717) is 5.56 Å². The smallest absolute Gasteiger partial charge is 0.165 e. The SMILES string of the molecule is O=C(Cl)c1[c-]cccc1.[Y].